The third-order valence-electron chi connectivity index (χ3n) is 5.67. The summed E-state index contributed by atoms with van der Waals surface area (Å²) in [5, 5.41) is 2.81. The maximum atomic E-state index is 14.7. The first-order valence-corrected chi connectivity index (χ1v) is 11.5. The molecule has 7 heteroatoms. The summed E-state index contributed by atoms with van der Waals surface area (Å²) < 4.78 is 25.6. The molecule has 34 heavy (non-hydrogen) atoms. The third-order valence-corrected chi connectivity index (χ3v) is 5.67. The Morgan fingerprint density at radius 1 is 1.09 bits per heavy atom. The van der Waals surface area contributed by atoms with Gasteiger partial charge < -0.3 is 14.8 Å². The molecule has 2 amide bonds. The van der Waals surface area contributed by atoms with Crippen LogP contribution < -0.4 is 5.32 Å². The van der Waals surface area contributed by atoms with Crippen molar-refractivity contribution in [3.63, 3.8) is 0 Å². The number of fused-ring (bicyclic) bond motifs is 1. The summed E-state index contributed by atoms with van der Waals surface area (Å²) in [5.41, 5.74) is 2.53. The molecule has 3 rings (SSSR count). The molecule has 2 aromatic carbocycles. The predicted octanol–water partition coefficient (Wildman–Crippen LogP) is 5.74. The van der Waals surface area contributed by atoms with E-state index in [9.17, 15) is 14.0 Å². The highest BCUT2D eigenvalue weighted by Gasteiger charge is 2.38. The van der Waals surface area contributed by atoms with Gasteiger partial charge in [-0.25, -0.2) is 9.18 Å². The highest BCUT2D eigenvalue weighted by Crippen LogP contribution is 2.34. The average molecular weight is 471 g/mol. The van der Waals surface area contributed by atoms with Gasteiger partial charge in [-0.1, -0.05) is 45.0 Å². The van der Waals surface area contributed by atoms with Crippen molar-refractivity contribution in [2.45, 2.75) is 71.6 Å². The predicted molar refractivity (Wildman–Crippen MR) is 130 cm³/mol. The lowest BCUT2D eigenvalue weighted by Gasteiger charge is -2.37. The fourth-order valence-electron chi connectivity index (χ4n) is 4.15. The number of anilines is 1. The number of methoxy groups -OCH3 is 1. The number of carbonyl (C=O) groups excluding carboxylic acids is 2. The van der Waals surface area contributed by atoms with E-state index < -0.39 is 23.6 Å². The second-order valence-electron chi connectivity index (χ2n) is 10.7. The topological polar surface area (TPSA) is 67.9 Å². The second kappa shape index (κ2) is 9.74. The van der Waals surface area contributed by atoms with Crippen molar-refractivity contribution >= 4 is 17.7 Å². The summed E-state index contributed by atoms with van der Waals surface area (Å²) >= 11 is 0. The van der Waals surface area contributed by atoms with E-state index in [0.717, 1.165) is 16.7 Å². The van der Waals surface area contributed by atoms with E-state index in [1.54, 1.807) is 40.0 Å². The molecule has 1 aliphatic rings. The third kappa shape index (κ3) is 5.95. The van der Waals surface area contributed by atoms with Crippen molar-refractivity contribution in [2.24, 2.45) is 0 Å². The largest absolute Gasteiger partial charge is 0.444 e. The quantitative estimate of drug-likeness (QED) is 0.619. The van der Waals surface area contributed by atoms with Gasteiger partial charge in [0.15, 0.2) is 0 Å². The van der Waals surface area contributed by atoms with E-state index in [1.807, 2.05) is 39.0 Å². The number of amides is 2. The molecule has 0 radical (unpaired) electrons. The Morgan fingerprint density at radius 2 is 1.79 bits per heavy atom. The maximum absolute atomic E-state index is 14.7. The molecule has 0 aliphatic carbocycles. The summed E-state index contributed by atoms with van der Waals surface area (Å²) in [6.07, 6.45) is 0.0266. The molecule has 1 aliphatic heterocycles. The van der Waals surface area contributed by atoms with Crippen molar-refractivity contribution in [3.8, 4) is 0 Å². The van der Waals surface area contributed by atoms with Gasteiger partial charge in [0.2, 0.25) is 0 Å². The Labute approximate surface area is 201 Å². The van der Waals surface area contributed by atoms with Crippen LogP contribution in [0.4, 0.5) is 14.9 Å². The van der Waals surface area contributed by atoms with Gasteiger partial charge in [0.05, 0.1) is 6.61 Å². The van der Waals surface area contributed by atoms with Crippen molar-refractivity contribution < 1.29 is 23.5 Å². The number of hydrogen-bond acceptors (Lipinski definition) is 4. The van der Waals surface area contributed by atoms with Crippen LogP contribution in [0.1, 0.15) is 69.8 Å². The molecule has 0 saturated heterocycles. The molecule has 1 unspecified atom stereocenters. The van der Waals surface area contributed by atoms with Crippen molar-refractivity contribution in [1.82, 2.24) is 4.90 Å². The highest BCUT2D eigenvalue weighted by atomic mass is 19.1. The first-order valence-electron chi connectivity index (χ1n) is 11.5. The molecule has 2 aromatic rings. The summed E-state index contributed by atoms with van der Waals surface area (Å²) in [5.74, 6) is -0.809. The number of halogens is 1. The average Bonchev–Trinajstić information content (AvgIpc) is 2.70. The molecule has 1 N–H and O–H groups in total. The first kappa shape index (κ1) is 25.7. The van der Waals surface area contributed by atoms with E-state index in [2.05, 4.69) is 5.32 Å². The molecule has 0 saturated carbocycles. The summed E-state index contributed by atoms with van der Waals surface area (Å²) in [4.78, 5) is 28.0. The van der Waals surface area contributed by atoms with Gasteiger partial charge in [0.1, 0.15) is 17.5 Å². The molecule has 0 bridgehead atoms. The molecule has 0 aromatic heterocycles. The molecule has 0 spiro atoms. The standard InChI is InChI=1S/C27H35FN2O4/c1-26(2,3)21-11-9-19(15-22(21)28)29-24(31)23-20-10-8-17(16-33-7)14-18(20)12-13-30(23)25(32)34-27(4,5)6/h8-11,14-15,23H,12-13,16H2,1-7H3,(H,29,31). The summed E-state index contributed by atoms with van der Waals surface area (Å²) in [6, 6.07) is 9.53. The van der Waals surface area contributed by atoms with Crippen LogP contribution in [0.15, 0.2) is 36.4 Å². The Morgan fingerprint density at radius 3 is 2.38 bits per heavy atom. The number of carbonyl (C=O) groups is 2. The minimum atomic E-state index is -0.902. The lowest BCUT2D eigenvalue weighted by molar-refractivity contribution is -0.121. The van der Waals surface area contributed by atoms with Crippen LogP contribution in [0.25, 0.3) is 0 Å². The van der Waals surface area contributed by atoms with Crippen LogP contribution in [-0.4, -0.2) is 36.2 Å². The maximum Gasteiger partial charge on any atom is 0.411 e. The molecule has 1 heterocycles. The fourth-order valence-corrected chi connectivity index (χ4v) is 4.15. The summed E-state index contributed by atoms with van der Waals surface area (Å²) in [6.45, 7) is 11.9. The minimum absolute atomic E-state index is 0.327. The number of rotatable bonds is 4. The first-order chi connectivity index (χ1) is 15.8. The molecule has 184 valence electrons. The monoisotopic (exact) mass is 470 g/mol. The molecular weight excluding hydrogens is 435 g/mol. The SMILES string of the molecule is COCc1ccc2c(c1)CCN(C(=O)OC(C)(C)C)C2C(=O)Nc1ccc(C(C)(C)C)c(F)c1. The zero-order valence-corrected chi connectivity index (χ0v) is 21.1. The van der Waals surface area contributed by atoms with Crippen LogP contribution in [-0.2, 0) is 32.7 Å². The van der Waals surface area contributed by atoms with Crippen LogP contribution in [0.5, 0.6) is 0 Å². The van der Waals surface area contributed by atoms with E-state index in [-0.39, 0.29) is 11.2 Å². The Balaban J connectivity index is 1.95. The van der Waals surface area contributed by atoms with Crippen LogP contribution >= 0.6 is 0 Å². The number of nitrogens with zero attached hydrogens (tertiary/aromatic N) is 1. The Kier molecular flexibility index (Phi) is 7.36. The van der Waals surface area contributed by atoms with Crippen LogP contribution in [0.2, 0.25) is 0 Å². The number of ether oxygens (including phenoxy) is 2. The van der Waals surface area contributed by atoms with E-state index in [1.165, 1.54) is 11.0 Å². The van der Waals surface area contributed by atoms with Gasteiger partial charge >= 0.3 is 6.09 Å². The summed E-state index contributed by atoms with van der Waals surface area (Å²) in [7, 11) is 1.63. The van der Waals surface area contributed by atoms with Gasteiger partial charge in [0, 0.05) is 19.3 Å². The van der Waals surface area contributed by atoms with Crippen molar-refractivity contribution in [3.05, 3.63) is 64.5 Å². The van der Waals surface area contributed by atoms with E-state index in [4.69, 9.17) is 9.47 Å². The lowest BCUT2D eigenvalue weighted by atomic mass is 9.86. The van der Waals surface area contributed by atoms with Crippen molar-refractivity contribution in [1.29, 1.82) is 0 Å². The van der Waals surface area contributed by atoms with Gasteiger partial charge in [-0.3, -0.25) is 9.69 Å². The van der Waals surface area contributed by atoms with E-state index >= 15 is 0 Å². The van der Waals surface area contributed by atoms with E-state index in [0.29, 0.717) is 30.8 Å². The molecule has 1 atom stereocenters. The fraction of sp³-hybridized carbons (Fsp3) is 0.481. The van der Waals surface area contributed by atoms with Crippen LogP contribution in [0, 0.1) is 5.82 Å². The number of benzene rings is 2. The number of nitrogens with one attached hydrogen (secondary N) is 1. The Hall–Kier alpha value is -2.93. The molecular formula is C27H35FN2O4. The second-order valence-corrected chi connectivity index (χ2v) is 10.7. The highest BCUT2D eigenvalue weighted by molar-refractivity contribution is 5.97. The Bertz CT molecular complexity index is 1070. The normalized spacial score (nSPS) is 16.1. The van der Waals surface area contributed by atoms with Gasteiger partial charge in [-0.2, -0.15) is 0 Å². The van der Waals surface area contributed by atoms with Gasteiger partial charge in [-0.05, 0) is 67.0 Å². The van der Waals surface area contributed by atoms with Gasteiger partial charge in [0.25, 0.3) is 5.91 Å². The molecule has 6 nitrogen and oxygen atoms in total. The van der Waals surface area contributed by atoms with Crippen LogP contribution in [0.3, 0.4) is 0 Å². The zero-order valence-electron chi connectivity index (χ0n) is 21.1. The van der Waals surface area contributed by atoms with Gasteiger partial charge in [-0.15, -0.1) is 0 Å². The minimum Gasteiger partial charge on any atom is -0.444 e. The zero-order chi connectivity index (χ0) is 25.3. The lowest BCUT2D eigenvalue weighted by Crippen LogP contribution is -2.47. The smallest absolute Gasteiger partial charge is 0.411 e. The molecule has 0 fully saturated rings. The van der Waals surface area contributed by atoms with Crippen molar-refractivity contribution in [2.75, 3.05) is 19.0 Å². The number of hydrogen-bond donors (Lipinski definition) is 1.